The summed E-state index contributed by atoms with van der Waals surface area (Å²) >= 11 is 0. The van der Waals surface area contributed by atoms with Gasteiger partial charge in [0.2, 0.25) is 5.91 Å². The number of carbonyl (C=O) groups excluding carboxylic acids is 1. The molecule has 0 aliphatic rings. The highest BCUT2D eigenvalue weighted by molar-refractivity contribution is 5.83. The molecule has 1 amide bonds. The minimum Gasteiger partial charge on any atom is -0.494 e. The van der Waals surface area contributed by atoms with Crippen LogP contribution < -0.4 is 15.4 Å². The maximum absolute atomic E-state index is 12.9. The van der Waals surface area contributed by atoms with Crippen molar-refractivity contribution in [1.29, 1.82) is 0 Å². The summed E-state index contributed by atoms with van der Waals surface area (Å²) in [4.78, 5) is 21.0. The van der Waals surface area contributed by atoms with Gasteiger partial charge in [0.05, 0.1) is 6.61 Å². The Balaban J connectivity index is 1.71. The van der Waals surface area contributed by atoms with E-state index < -0.39 is 6.04 Å². The van der Waals surface area contributed by atoms with Gasteiger partial charge < -0.3 is 10.1 Å². The fourth-order valence-corrected chi connectivity index (χ4v) is 2.80. The number of hydrogen-bond donors (Lipinski definition) is 2. The maximum atomic E-state index is 12.9. The number of benzene rings is 1. The van der Waals surface area contributed by atoms with Crippen LogP contribution >= 0.6 is 0 Å². The van der Waals surface area contributed by atoms with Gasteiger partial charge in [0, 0.05) is 37.9 Å². The van der Waals surface area contributed by atoms with E-state index in [1.54, 1.807) is 24.8 Å². The molecule has 2 heterocycles. The lowest BCUT2D eigenvalue weighted by atomic mass is 10.1. The van der Waals surface area contributed by atoms with Crippen LogP contribution in [0.4, 0.5) is 0 Å². The molecule has 2 aromatic heterocycles. The van der Waals surface area contributed by atoms with Crippen molar-refractivity contribution in [2.24, 2.45) is 0 Å². The first-order chi connectivity index (χ1) is 13.8. The van der Waals surface area contributed by atoms with Gasteiger partial charge in [-0.3, -0.25) is 20.1 Å². The van der Waals surface area contributed by atoms with Gasteiger partial charge in [0.1, 0.15) is 11.8 Å². The molecule has 0 saturated carbocycles. The summed E-state index contributed by atoms with van der Waals surface area (Å²) in [5.41, 5.74) is 2.89. The second-order valence-corrected chi connectivity index (χ2v) is 6.25. The molecule has 6 heteroatoms. The van der Waals surface area contributed by atoms with Crippen LogP contribution in [0.1, 0.15) is 29.7 Å². The monoisotopic (exact) mass is 376 g/mol. The Morgan fingerprint density at radius 3 is 2.43 bits per heavy atom. The number of amides is 1. The second-order valence-electron chi connectivity index (χ2n) is 6.25. The highest BCUT2D eigenvalue weighted by atomic mass is 16.5. The van der Waals surface area contributed by atoms with Gasteiger partial charge >= 0.3 is 0 Å². The Hall–Kier alpha value is -3.25. The Bertz CT molecular complexity index is 855. The van der Waals surface area contributed by atoms with Gasteiger partial charge in [-0.15, -0.1) is 0 Å². The van der Waals surface area contributed by atoms with Gasteiger partial charge in [-0.25, -0.2) is 0 Å². The molecule has 6 nitrogen and oxygen atoms in total. The number of nitrogens with zero attached hydrogens (tertiary/aromatic N) is 2. The topological polar surface area (TPSA) is 76.1 Å². The molecule has 1 atom stereocenters. The summed E-state index contributed by atoms with van der Waals surface area (Å²) in [6, 6.07) is 14.8. The van der Waals surface area contributed by atoms with Crippen molar-refractivity contribution in [1.82, 2.24) is 20.6 Å². The van der Waals surface area contributed by atoms with Crippen LogP contribution in [0.3, 0.4) is 0 Å². The SMILES string of the molecule is CCOc1ccc(C(NCc2ccncc2)C(=O)NCc2cccnc2)cc1. The third-order valence-corrected chi connectivity index (χ3v) is 4.24. The number of aromatic nitrogens is 2. The van der Waals surface area contributed by atoms with E-state index in [4.69, 9.17) is 4.74 Å². The van der Waals surface area contributed by atoms with Crippen molar-refractivity contribution in [2.75, 3.05) is 6.61 Å². The molecule has 3 rings (SSSR count). The maximum Gasteiger partial charge on any atom is 0.242 e. The number of rotatable bonds is 9. The molecule has 0 aliphatic heterocycles. The molecule has 0 saturated heterocycles. The molecule has 1 unspecified atom stereocenters. The molecule has 3 aromatic rings. The first-order valence-electron chi connectivity index (χ1n) is 9.28. The van der Waals surface area contributed by atoms with E-state index in [2.05, 4.69) is 20.6 Å². The summed E-state index contributed by atoms with van der Waals surface area (Å²) in [6.45, 7) is 3.53. The molecule has 0 spiro atoms. The predicted octanol–water partition coefficient (Wildman–Crippen LogP) is 3.02. The van der Waals surface area contributed by atoms with E-state index in [1.807, 2.05) is 55.5 Å². The van der Waals surface area contributed by atoms with Crippen molar-refractivity contribution < 1.29 is 9.53 Å². The second kappa shape index (κ2) is 10.2. The van der Waals surface area contributed by atoms with E-state index in [0.717, 1.165) is 22.4 Å². The smallest absolute Gasteiger partial charge is 0.242 e. The Kier molecular flexibility index (Phi) is 7.09. The third-order valence-electron chi connectivity index (χ3n) is 4.24. The van der Waals surface area contributed by atoms with Crippen molar-refractivity contribution >= 4 is 5.91 Å². The zero-order valence-electron chi connectivity index (χ0n) is 15.8. The predicted molar refractivity (Wildman–Crippen MR) is 108 cm³/mol. The summed E-state index contributed by atoms with van der Waals surface area (Å²) in [5.74, 6) is 0.692. The lowest BCUT2D eigenvalue weighted by molar-refractivity contribution is -0.123. The molecule has 0 bridgehead atoms. The van der Waals surface area contributed by atoms with Crippen LogP contribution in [0.5, 0.6) is 5.75 Å². The molecule has 1 aromatic carbocycles. The molecule has 0 radical (unpaired) electrons. The average molecular weight is 376 g/mol. The third kappa shape index (κ3) is 5.62. The largest absolute Gasteiger partial charge is 0.494 e. The molecule has 2 N–H and O–H groups in total. The minimum absolute atomic E-state index is 0.0953. The van der Waals surface area contributed by atoms with E-state index >= 15 is 0 Å². The van der Waals surface area contributed by atoms with Crippen molar-refractivity contribution in [3.63, 3.8) is 0 Å². The van der Waals surface area contributed by atoms with Crippen LogP contribution in [0, 0.1) is 0 Å². The van der Waals surface area contributed by atoms with E-state index in [0.29, 0.717) is 19.7 Å². The Labute approximate surface area is 165 Å². The van der Waals surface area contributed by atoms with Crippen molar-refractivity contribution in [2.45, 2.75) is 26.1 Å². The van der Waals surface area contributed by atoms with Crippen molar-refractivity contribution in [3.8, 4) is 5.75 Å². The molecular formula is C22H24N4O2. The Morgan fingerprint density at radius 2 is 1.75 bits per heavy atom. The highest BCUT2D eigenvalue weighted by Gasteiger charge is 2.20. The molecule has 28 heavy (non-hydrogen) atoms. The number of nitrogens with one attached hydrogen (secondary N) is 2. The highest BCUT2D eigenvalue weighted by Crippen LogP contribution is 2.19. The summed E-state index contributed by atoms with van der Waals surface area (Å²) < 4.78 is 5.50. The number of hydrogen-bond acceptors (Lipinski definition) is 5. The van der Waals surface area contributed by atoms with E-state index in [1.165, 1.54) is 0 Å². The fraction of sp³-hybridized carbons (Fsp3) is 0.227. The standard InChI is InChI=1S/C22H24N4O2/c1-2-28-20-7-5-19(6-8-20)21(25-15-17-9-12-23-13-10-17)22(27)26-16-18-4-3-11-24-14-18/h3-14,21,25H,2,15-16H2,1H3,(H,26,27). The first-order valence-corrected chi connectivity index (χ1v) is 9.28. The van der Waals surface area contributed by atoms with Crippen LogP contribution in [0.15, 0.2) is 73.3 Å². The Morgan fingerprint density at radius 1 is 0.964 bits per heavy atom. The fourth-order valence-electron chi connectivity index (χ4n) is 2.80. The zero-order valence-corrected chi connectivity index (χ0v) is 15.8. The zero-order chi connectivity index (χ0) is 19.6. The summed E-state index contributed by atoms with van der Waals surface area (Å²) in [7, 11) is 0. The molecule has 144 valence electrons. The number of carbonyl (C=O) groups is 1. The first kappa shape index (κ1) is 19.5. The summed E-state index contributed by atoms with van der Waals surface area (Å²) in [6.07, 6.45) is 6.94. The number of pyridine rings is 2. The van der Waals surface area contributed by atoms with Crippen LogP contribution in [0.2, 0.25) is 0 Å². The lowest BCUT2D eigenvalue weighted by Gasteiger charge is -2.19. The normalized spacial score (nSPS) is 11.6. The van der Waals surface area contributed by atoms with Gasteiger partial charge in [-0.05, 0) is 53.9 Å². The molecular weight excluding hydrogens is 352 g/mol. The quantitative estimate of drug-likeness (QED) is 0.600. The van der Waals surface area contributed by atoms with Crippen molar-refractivity contribution in [3.05, 3.63) is 90.0 Å². The lowest BCUT2D eigenvalue weighted by Crippen LogP contribution is -2.37. The van der Waals surface area contributed by atoms with Crippen LogP contribution in [-0.2, 0) is 17.9 Å². The molecule has 0 fully saturated rings. The van der Waals surface area contributed by atoms with Crippen LogP contribution in [0.25, 0.3) is 0 Å². The van der Waals surface area contributed by atoms with Gasteiger partial charge in [-0.1, -0.05) is 18.2 Å². The summed E-state index contributed by atoms with van der Waals surface area (Å²) in [5, 5.41) is 6.33. The minimum atomic E-state index is -0.486. The van der Waals surface area contributed by atoms with E-state index in [-0.39, 0.29) is 5.91 Å². The number of ether oxygens (including phenoxy) is 1. The van der Waals surface area contributed by atoms with Crippen LogP contribution in [-0.4, -0.2) is 22.5 Å². The molecule has 0 aliphatic carbocycles. The van der Waals surface area contributed by atoms with Gasteiger partial charge in [0.25, 0.3) is 0 Å². The average Bonchev–Trinajstić information content (AvgIpc) is 2.75. The van der Waals surface area contributed by atoms with E-state index in [9.17, 15) is 4.79 Å². The van der Waals surface area contributed by atoms with Gasteiger partial charge in [-0.2, -0.15) is 0 Å². The van der Waals surface area contributed by atoms with Gasteiger partial charge in [0.15, 0.2) is 0 Å².